The van der Waals surface area contributed by atoms with Gasteiger partial charge in [-0.15, -0.1) is 17.4 Å². The number of hydrogen-bond donors (Lipinski definition) is 1. The van der Waals surface area contributed by atoms with E-state index in [4.69, 9.17) is 11.4 Å². The molecule has 0 amide bonds. The van der Waals surface area contributed by atoms with E-state index >= 15 is 0 Å². The molecule has 0 bridgehead atoms. The fourth-order valence-electron chi connectivity index (χ4n) is 4.39. The number of benzene rings is 1. The molecular formula is C26H25N7O. The number of aryl methyl sites for hydroxylation is 1. The molecule has 1 N–H and O–H groups in total. The molecule has 0 aliphatic carbocycles. The van der Waals surface area contributed by atoms with Crippen LogP contribution in [-0.4, -0.2) is 43.1 Å². The van der Waals surface area contributed by atoms with Crippen molar-refractivity contribution in [1.82, 2.24) is 24.7 Å². The number of nitrogens with one attached hydrogen (secondary N) is 1. The molecule has 3 aromatic heterocycles. The maximum Gasteiger partial charge on any atom is 0.163 e. The summed E-state index contributed by atoms with van der Waals surface area (Å²) in [6.45, 7) is 6.27. The summed E-state index contributed by atoms with van der Waals surface area (Å²) in [7, 11) is 0. The number of aromatic nitrogens is 5. The van der Waals surface area contributed by atoms with E-state index in [0.717, 1.165) is 28.8 Å². The van der Waals surface area contributed by atoms with Gasteiger partial charge in [0.15, 0.2) is 11.6 Å². The minimum absolute atomic E-state index is 0.0217. The first-order valence-corrected chi connectivity index (χ1v) is 11.2. The fourth-order valence-corrected chi connectivity index (χ4v) is 4.39. The van der Waals surface area contributed by atoms with Crippen LogP contribution in [0.5, 0.6) is 0 Å². The number of anilines is 3. The van der Waals surface area contributed by atoms with Gasteiger partial charge in [0.1, 0.15) is 18.0 Å². The number of rotatable bonds is 5. The lowest BCUT2D eigenvalue weighted by Crippen LogP contribution is -2.29. The fraction of sp³-hybridized carbons (Fsp3) is 0.269. The third-order valence-electron chi connectivity index (χ3n) is 6.19. The number of imidazole rings is 1. The molecule has 1 aliphatic rings. The van der Waals surface area contributed by atoms with E-state index in [-0.39, 0.29) is 17.7 Å². The molecule has 1 saturated heterocycles. The predicted molar refractivity (Wildman–Crippen MR) is 133 cm³/mol. The molecule has 4 heterocycles. The summed E-state index contributed by atoms with van der Waals surface area (Å²) in [6, 6.07) is 13.6. The lowest BCUT2D eigenvalue weighted by atomic mass is 10.1. The summed E-state index contributed by atoms with van der Waals surface area (Å²) < 4.78 is 1.92. The Morgan fingerprint density at radius 2 is 2.03 bits per heavy atom. The Morgan fingerprint density at radius 3 is 2.74 bits per heavy atom. The first-order valence-electron chi connectivity index (χ1n) is 11.2. The maximum absolute atomic E-state index is 12.4. The molecule has 170 valence electrons. The topological polar surface area (TPSA) is 88.8 Å². The molecular weight excluding hydrogens is 426 g/mol. The molecule has 8 heteroatoms. The Labute approximate surface area is 198 Å². The van der Waals surface area contributed by atoms with Crippen LogP contribution in [0.15, 0.2) is 48.8 Å². The number of ketones is 1. The van der Waals surface area contributed by atoms with Gasteiger partial charge in [-0.05, 0) is 69.7 Å². The van der Waals surface area contributed by atoms with Gasteiger partial charge in [-0.3, -0.25) is 9.36 Å². The van der Waals surface area contributed by atoms with Gasteiger partial charge in [0.05, 0.1) is 22.3 Å². The smallest absolute Gasteiger partial charge is 0.163 e. The number of terminal acetylenes is 1. The van der Waals surface area contributed by atoms with E-state index in [1.807, 2.05) is 54.0 Å². The zero-order chi connectivity index (χ0) is 23.8. The van der Waals surface area contributed by atoms with Crippen molar-refractivity contribution in [2.24, 2.45) is 5.92 Å². The second kappa shape index (κ2) is 8.60. The van der Waals surface area contributed by atoms with Crippen LogP contribution in [0.3, 0.4) is 0 Å². The van der Waals surface area contributed by atoms with E-state index in [2.05, 4.69) is 38.2 Å². The van der Waals surface area contributed by atoms with Crippen molar-refractivity contribution >= 4 is 34.1 Å². The summed E-state index contributed by atoms with van der Waals surface area (Å²) in [5, 5.41) is 11.6. The van der Waals surface area contributed by atoms with Crippen molar-refractivity contribution in [1.29, 1.82) is 0 Å². The van der Waals surface area contributed by atoms with Crippen molar-refractivity contribution in [2.75, 3.05) is 16.8 Å². The highest BCUT2D eigenvalue weighted by Crippen LogP contribution is 2.32. The maximum atomic E-state index is 12.4. The lowest BCUT2D eigenvalue weighted by molar-refractivity contribution is 0.101. The SMILES string of the molecule is C#C[C@@H]1C[C@H](C)N(c2nc(-n3cnc4ccc(Nc5ccc(C)nn5)cc43)ccc2C(C)=O)C1. The van der Waals surface area contributed by atoms with Gasteiger partial charge < -0.3 is 10.2 Å². The standard InChI is InChI=1S/C26H25N7O/c1-5-19-12-17(3)32(14-19)26-21(18(4)34)8-11-25(29-26)33-15-27-22-9-7-20(13-23(22)33)28-24-10-6-16(2)30-31-24/h1,6-11,13,15,17,19H,12,14H2,2-4H3,(H,28,31)/t17-,19+/m0/s1. The van der Waals surface area contributed by atoms with E-state index in [9.17, 15) is 4.79 Å². The average molecular weight is 452 g/mol. The molecule has 8 nitrogen and oxygen atoms in total. The third kappa shape index (κ3) is 3.97. The second-order valence-corrected chi connectivity index (χ2v) is 8.70. The van der Waals surface area contributed by atoms with Crippen LogP contribution in [0, 0.1) is 25.2 Å². The number of carbonyl (C=O) groups excluding carboxylic acids is 1. The highest BCUT2D eigenvalue weighted by atomic mass is 16.1. The number of fused-ring (bicyclic) bond motifs is 1. The Hall–Kier alpha value is -4.25. The van der Waals surface area contributed by atoms with Gasteiger partial charge in [-0.2, -0.15) is 5.10 Å². The summed E-state index contributed by atoms with van der Waals surface area (Å²) in [5.41, 5.74) is 4.03. The number of hydrogen-bond acceptors (Lipinski definition) is 7. The van der Waals surface area contributed by atoms with Crippen molar-refractivity contribution in [3.63, 3.8) is 0 Å². The van der Waals surface area contributed by atoms with Crippen molar-refractivity contribution in [3.05, 3.63) is 60.0 Å². The van der Waals surface area contributed by atoms with Gasteiger partial charge in [-0.25, -0.2) is 9.97 Å². The highest BCUT2D eigenvalue weighted by molar-refractivity contribution is 5.99. The minimum Gasteiger partial charge on any atom is -0.352 e. The van der Waals surface area contributed by atoms with Crippen molar-refractivity contribution in [3.8, 4) is 18.2 Å². The molecule has 0 saturated carbocycles. The molecule has 1 aromatic carbocycles. The normalized spacial score (nSPS) is 17.6. The Balaban J connectivity index is 1.55. The van der Waals surface area contributed by atoms with Gasteiger partial charge in [-0.1, -0.05) is 0 Å². The Bertz CT molecular complexity index is 1420. The molecule has 0 radical (unpaired) electrons. The summed E-state index contributed by atoms with van der Waals surface area (Å²) in [5.74, 6) is 4.99. The van der Waals surface area contributed by atoms with Crippen molar-refractivity contribution in [2.45, 2.75) is 33.2 Å². The van der Waals surface area contributed by atoms with Crippen LogP contribution < -0.4 is 10.2 Å². The van der Waals surface area contributed by atoms with E-state index in [0.29, 0.717) is 29.6 Å². The number of nitrogens with zero attached hydrogens (tertiary/aromatic N) is 6. The largest absolute Gasteiger partial charge is 0.352 e. The van der Waals surface area contributed by atoms with Gasteiger partial charge in [0.2, 0.25) is 0 Å². The monoisotopic (exact) mass is 451 g/mol. The quantitative estimate of drug-likeness (QED) is 0.357. The molecule has 1 fully saturated rings. The molecule has 5 rings (SSSR count). The van der Waals surface area contributed by atoms with Gasteiger partial charge in [0, 0.05) is 24.2 Å². The zero-order valence-corrected chi connectivity index (χ0v) is 19.4. The number of pyridine rings is 1. The number of Topliss-reactive ketones (excluding diaryl/α,β-unsaturated/α-hetero) is 1. The van der Waals surface area contributed by atoms with Crippen molar-refractivity contribution < 1.29 is 4.79 Å². The third-order valence-corrected chi connectivity index (χ3v) is 6.19. The Kier molecular flexibility index (Phi) is 5.46. The summed E-state index contributed by atoms with van der Waals surface area (Å²) in [4.78, 5) is 24.0. The van der Waals surface area contributed by atoms with Crippen LogP contribution in [0.2, 0.25) is 0 Å². The van der Waals surface area contributed by atoms with E-state index < -0.39 is 0 Å². The minimum atomic E-state index is -0.0217. The summed E-state index contributed by atoms with van der Waals surface area (Å²) >= 11 is 0. The Morgan fingerprint density at radius 1 is 1.18 bits per heavy atom. The second-order valence-electron chi connectivity index (χ2n) is 8.70. The average Bonchev–Trinajstić information content (AvgIpc) is 3.43. The molecule has 1 aliphatic heterocycles. The van der Waals surface area contributed by atoms with Crippen LogP contribution in [0.4, 0.5) is 17.3 Å². The number of carbonyl (C=O) groups is 1. The van der Waals surface area contributed by atoms with Gasteiger partial charge >= 0.3 is 0 Å². The first-order chi connectivity index (χ1) is 16.4. The van der Waals surface area contributed by atoms with E-state index in [1.165, 1.54) is 0 Å². The zero-order valence-electron chi connectivity index (χ0n) is 19.4. The molecule has 4 aromatic rings. The van der Waals surface area contributed by atoms with Crippen LogP contribution in [0.1, 0.15) is 36.3 Å². The molecule has 34 heavy (non-hydrogen) atoms. The van der Waals surface area contributed by atoms with Crippen LogP contribution in [0.25, 0.3) is 16.9 Å². The molecule has 2 atom stereocenters. The lowest BCUT2D eigenvalue weighted by Gasteiger charge is -2.25. The predicted octanol–water partition coefficient (Wildman–Crippen LogP) is 4.31. The van der Waals surface area contributed by atoms with Crippen LogP contribution >= 0.6 is 0 Å². The highest BCUT2D eigenvalue weighted by Gasteiger charge is 2.31. The van der Waals surface area contributed by atoms with E-state index in [1.54, 1.807) is 13.3 Å². The summed E-state index contributed by atoms with van der Waals surface area (Å²) in [6.07, 6.45) is 8.32. The van der Waals surface area contributed by atoms with Crippen LogP contribution in [-0.2, 0) is 0 Å². The van der Waals surface area contributed by atoms with Gasteiger partial charge in [0.25, 0.3) is 0 Å². The molecule has 0 spiro atoms. The first kappa shape index (κ1) is 21.6. The molecule has 0 unspecified atom stereocenters.